The fraction of sp³-hybridized carbons (Fsp3) is 0.300. The highest BCUT2D eigenvalue weighted by molar-refractivity contribution is 5.97. The summed E-state index contributed by atoms with van der Waals surface area (Å²) in [4.78, 5) is 11.6. The molecule has 1 aromatic rings. The van der Waals surface area contributed by atoms with Crippen LogP contribution in [0.2, 0.25) is 0 Å². The summed E-state index contributed by atoms with van der Waals surface area (Å²) < 4.78 is 36.6. The fourth-order valence-corrected chi connectivity index (χ4v) is 1.31. The molecule has 1 aromatic carbocycles. The largest absolute Gasteiger partial charge is 0.471 e. The second-order valence-corrected chi connectivity index (χ2v) is 3.19. The molecule has 2 N–H and O–H groups in total. The third-order valence-corrected chi connectivity index (χ3v) is 2.12. The number of nitrogens with two attached hydrogens (primary N) is 1. The van der Waals surface area contributed by atoms with E-state index in [1.54, 1.807) is 18.2 Å². The molecular weight excluding hydrogens is 221 g/mol. The first kappa shape index (κ1) is 12.5. The lowest BCUT2D eigenvalue weighted by Gasteiger charge is -2.21. The molecule has 0 aromatic heterocycles. The van der Waals surface area contributed by atoms with Crippen LogP contribution in [0.1, 0.15) is 5.56 Å². The van der Waals surface area contributed by atoms with Gasteiger partial charge in [-0.3, -0.25) is 4.79 Å². The Bertz CT molecular complexity index is 390. The van der Waals surface area contributed by atoms with Gasteiger partial charge in [0.1, 0.15) is 0 Å². The molecule has 0 atom stereocenters. The number of anilines is 1. The molecular formula is C10H11F3N2O. The van der Waals surface area contributed by atoms with Crippen LogP contribution in [0.3, 0.4) is 0 Å². The van der Waals surface area contributed by atoms with E-state index < -0.39 is 12.1 Å². The summed E-state index contributed by atoms with van der Waals surface area (Å²) in [5.41, 5.74) is 6.04. The van der Waals surface area contributed by atoms with Crippen molar-refractivity contribution in [2.75, 3.05) is 11.9 Å². The minimum absolute atomic E-state index is 0.0751. The Morgan fingerprint density at radius 2 is 1.94 bits per heavy atom. The number of amides is 1. The second-order valence-electron chi connectivity index (χ2n) is 3.19. The molecule has 0 aliphatic heterocycles. The molecule has 0 heterocycles. The zero-order valence-corrected chi connectivity index (χ0v) is 8.58. The molecule has 1 amide bonds. The van der Waals surface area contributed by atoms with Gasteiger partial charge in [-0.05, 0) is 11.6 Å². The van der Waals surface area contributed by atoms with Crippen molar-refractivity contribution in [1.82, 2.24) is 0 Å². The van der Waals surface area contributed by atoms with Crippen molar-refractivity contribution in [1.29, 1.82) is 0 Å². The predicted octanol–water partition coefficient (Wildman–Crippen LogP) is 1.67. The Labute approximate surface area is 90.6 Å². The highest BCUT2D eigenvalue weighted by atomic mass is 19.4. The van der Waals surface area contributed by atoms with Crippen molar-refractivity contribution in [3.05, 3.63) is 29.8 Å². The number of rotatable bonds is 2. The minimum atomic E-state index is -4.88. The maximum absolute atomic E-state index is 12.2. The molecule has 0 unspecified atom stereocenters. The molecule has 0 aliphatic rings. The quantitative estimate of drug-likeness (QED) is 0.843. The number of para-hydroxylation sites is 1. The molecule has 0 spiro atoms. The van der Waals surface area contributed by atoms with Gasteiger partial charge in [0.15, 0.2) is 0 Å². The average molecular weight is 232 g/mol. The Kier molecular flexibility index (Phi) is 3.54. The number of hydrogen-bond donors (Lipinski definition) is 1. The van der Waals surface area contributed by atoms with Gasteiger partial charge in [-0.1, -0.05) is 18.2 Å². The lowest BCUT2D eigenvalue weighted by molar-refractivity contribution is -0.170. The third kappa shape index (κ3) is 2.52. The molecule has 0 radical (unpaired) electrons. The summed E-state index contributed by atoms with van der Waals surface area (Å²) in [5, 5.41) is 0. The molecule has 3 nitrogen and oxygen atoms in total. The standard InChI is InChI=1S/C10H11F3N2O/c1-15(9(16)10(11,12)13)8-5-3-2-4-7(8)6-14/h2-5H,6,14H2,1H3. The van der Waals surface area contributed by atoms with E-state index in [-0.39, 0.29) is 12.2 Å². The molecule has 88 valence electrons. The normalized spacial score (nSPS) is 11.3. The molecule has 0 aliphatic carbocycles. The van der Waals surface area contributed by atoms with Crippen LogP contribution in [-0.2, 0) is 11.3 Å². The van der Waals surface area contributed by atoms with Gasteiger partial charge in [-0.2, -0.15) is 13.2 Å². The zero-order chi connectivity index (χ0) is 12.3. The van der Waals surface area contributed by atoms with E-state index in [9.17, 15) is 18.0 Å². The molecule has 16 heavy (non-hydrogen) atoms. The van der Waals surface area contributed by atoms with Crippen molar-refractivity contribution in [3.8, 4) is 0 Å². The van der Waals surface area contributed by atoms with Crippen LogP contribution in [0.4, 0.5) is 18.9 Å². The Morgan fingerprint density at radius 1 is 1.38 bits per heavy atom. The highest BCUT2D eigenvalue weighted by Crippen LogP contribution is 2.24. The average Bonchev–Trinajstić information content (AvgIpc) is 2.25. The number of carbonyl (C=O) groups is 1. The van der Waals surface area contributed by atoms with E-state index in [4.69, 9.17) is 5.73 Å². The van der Waals surface area contributed by atoms with Gasteiger partial charge >= 0.3 is 12.1 Å². The minimum Gasteiger partial charge on any atom is -0.326 e. The van der Waals surface area contributed by atoms with Crippen LogP contribution < -0.4 is 10.6 Å². The van der Waals surface area contributed by atoms with Crippen LogP contribution in [0.15, 0.2) is 24.3 Å². The van der Waals surface area contributed by atoms with Crippen molar-refractivity contribution in [2.45, 2.75) is 12.7 Å². The first-order valence-corrected chi connectivity index (χ1v) is 4.50. The first-order valence-electron chi connectivity index (χ1n) is 4.50. The van der Waals surface area contributed by atoms with Gasteiger partial charge in [0.05, 0.1) is 0 Å². The van der Waals surface area contributed by atoms with Gasteiger partial charge in [0, 0.05) is 19.3 Å². The summed E-state index contributed by atoms with van der Waals surface area (Å²) in [6.45, 7) is 0.0751. The second kappa shape index (κ2) is 4.52. The smallest absolute Gasteiger partial charge is 0.326 e. The number of benzene rings is 1. The number of nitrogens with zero attached hydrogens (tertiary/aromatic N) is 1. The summed E-state index contributed by atoms with van der Waals surface area (Å²) >= 11 is 0. The van der Waals surface area contributed by atoms with Gasteiger partial charge in [0.25, 0.3) is 0 Å². The number of halogens is 3. The lowest BCUT2D eigenvalue weighted by Crippen LogP contribution is -2.39. The lowest BCUT2D eigenvalue weighted by atomic mass is 10.1. The Balaban J connectivity index is 3.05. The van der Waals surface area contributed by atoms with Crippen LogP contribution >= 0.6 is 0 Å². The van der Waals surface area contributed by atoms with Crippen molar-refractivity contribution < 1.29 is 18.0 Å². The summed E-state index contributed by atoms with van der Waals surface area (Å²) in [5.74, 6) is -1.91. The van der Waals surface area contributed by atoms with E-state index in [1.807, 2.05) is 0 Å². The van der Waals surface area contributed by atoms with E-state index in [1.165, 1.54) is 6.07 Å². The van der Waals surface area contributed by atoms with E-state index in [0.717, 1.165) is 7.05 Å². The maximum Gasteiger partial charge on any atom is 0.471 e. The predicted molar refractivity (Wildman–Crippen MR) is 53.8 cm³/mol. The third-order valence-electron chi connectivity index (χ3n) is 2.12. The van der Waals surface area contributed by atoms with Crippen molar-refractivity contribution in [3.63, 3.8) is 0 Å². The molecule has 0 saturated carbocycles. The molecule has 0 bridgehead atoms. The van der Waals surface area contributed by atoms with E-state index in [0.29, 0.717) is 10.5 Å². The summed E-state index contributed by atoms with van der Waals surface area (Å²) in [6.07, 6.45) is -4.88. The SMILES string of the molecule is CN(C(=O)C(F)(F)F)c1ccccc1CN. The van der Waals surface area contributed by atoms with Crippen LogP contribution in [0.5, 0.6) is 0 Å². The molecule has 6 heteroatoms. The van der Waals surface area contributed by atoms with Crippen LogP contribution in [0, 0.1) is 0 Å². The number of alkyl halides is 3. The van der Waals surface area contributed by atoms with E-state index >= 15 is 0 Å². The van der Waals surface area contributed by atoms with Gasteiger partial charge in [0.2, 0.25) is 0 Å². The van der Waals surface area contributed by atoms with E-state index in [2.05, 4.69) is 0 Å². The number of carbonyl (C=O) groups excluding carboxylic acids is 1. The Hall–Kier alpha value is -1.56. The van der Waals surface area contributed by atoms with Crippen LogP contribution in [0.25, 0.3) is 0 Å². The summed E-state index contributed by atoms with van der Waals surface area (Å²) in [7, 11) is 1.07. The van der Waals surface area contributed by atoms with Gasteiger partial charge in [-0.15, -0.1) is 0 Å². The Morgan fingerprint density at radius 3 is 2.44 bits per heavy atom. The highest BCUT2D eigenvalue weighted by Gasteiger charge is 2.41. The maximum atomic E-state index is 12.2. The molecule has 0 saturated heterocycles. The first-order chi connectivity index (χ1) is 7.38. The fourth-order valence-electron chi connectivity index (χ4n) is 1.31. The molecule has 1 rings (SSSR count). The topological polar surface area (TPSA) is 46.3 Å². The van der Waals surface area contributed by atoms with Crippen LogP contribution in [-0.4, -0.2) is 19.1 Å². The molecule has 0 fully saturated rings. The van der Waals surface area contributed by atoms with Crippen molar-refractivity contribution >= 4 is 11.6 Å². The number of hydrogen-bond acceptors (Lipinski definition) is 2. The van der Waals surface area contributed by atoms with Gasteiger partial charge < -0.3 is 10.6 Å². The monoisotopic (exact) mass is 232 g/mol. The van der Waals surface area contributed by atoms with Gasteiger partial charge in [-0.25, -0.2) is 0 Å². The summed E-state index contributed by atoms with van der Waals surface area (Å²) in [6, 6.07) is 6.20. The zero-order valence-electron chi connectivity index (χ0n) is 8.58. The van der Waals surface area contributed by atoms with Crippen molar-refractivity contribution in [2.24, 2.45) is 5.73 Å².